The van der Waals surface area contributed by atoms with Crippen LogP contribution in [0.5, 0.6) is 0 Å². The molecule has 0 unspecified atom stereocenters. The lowest BCUT2D eigenvalue weighted by molar-refractivity contribution is 0.922. The van der Waals surface area contributed by atoms with Crippen LogP contribution >= 0.6 is 23.2 Å². The topological polar surface area (TPSA) is 0 Å². The van der Waals surface area contributed by atoms with E-state index in [2.05, 4.69) is 31.2 Å². The number of halogens is 2. The first-order valence-electron chi connectivity index (χ1n) is 5.75. The Kier molecular flexibility index (Phi) is 4.09. The fourth-order valence-corrected chi connectivity index (χ4v) is 2.28. The predicted molar refractivity (Wildman–Crippen MR) is 75.9 cm³/mol. The molecule has 0 aromatic heterocycles. The average molecular weight is 265 g/mol. The van der Waals surface area contributed by atoms with Gasteiger partial charge in [-0.3, -0.25) is 0 Å². The molecule has 0 fully saturated rings. The van der Waals surface area contributed by atoms with Crippen molar-refractivity contribution in [2.24, 2.45) is 0 Å². The monoisotopic (exact) mass is 264 g/mol. The Morgan fingerprint density at radius 2 is 1.65 bits per heavy atom. The molecule has 0 bridgehead atoms. The van der Waals surface area contributed by atoms with E-state index in [1.807, 2.05) is 12.1 Å². The Morgan fingerprint density at radius 1 is 0.941 bits per heavy atom. The van der Waals surface area contributed by atoms with Crippen LogP contribution in [-0.4, -0.2) is 0 Å². The number of rotatable bonds is 3. The van der Waals surface area contributed by atoms with Gasteiger partial charge < -0.3 is 0 Å². The summed E-state index contributed by atoms with van der Waals surface area (Å²) in [5.41, 5.74) is 3.45. The van der Waals surface area contributed by atoms with Gasteiger partial charge in [-0.15, -0.1) is 0 Å². The van der Waals surface area contributed by atoms with E-state index in [9.17, 15) is 0 Å². The van der Waals surface area contributed by atoms with Crippen molar-refractivity contribution < 1.29 is 0 Å². The summed E-state index contributed by atoms with van der Waals surface area (Å²) < 4.78 is 0. The maximum Gasteiger partial charge on any atom is 0.0670 e. The first-order valence-corrected chi connectivity index (χ1v) is 6.51. The molecule has 2 heteroatoms. The Labute approximate surface area is 112 Å². The van der Waals surface area contributed by atoms with E-state index >= 15 is 0 Å². The van der Waals surface area contributed by atoms with Gasteiger partial charge >= 0.3 is 0 Å². The second-order valence-electron chi connectivity index (χ2n) is 4.05. The highest BCUT2D eigenvalue weighted by molar-refractivity contribution is 6.43. The zero-order chi connectivity index (χ0) is 12.3. The summed E-state index contributed by atoms with van der Waals surface area (Å²) in [5, 5.41) is 1.22. The lowest BCUT2D eigenvalue weighted by Crippen LogP contribution is -1.84. The lowest BCUT2D eigenvalue weighted by Gasteiger charge is -2.07. The summed E-state index contributed by atoms with van der Waals surface area (Å²) >= 11 is 12.2. The SMILES string of the molecule is CCCc1ccc(-c2cccc(Cl)c2Cl)cc1. The highest BCUT2D eigenvalue weighted by Crippen LogP contribution is 2.33. The van der Waals surface area contributed by atoms with Crippen molar-refractivity contribution in [2.45, 2.75) is 19.8 Å². The van der Waals surface area contributed by atoms with Crippen LogP contribution in [0.4, 0.5) is 0 Å². The highest BCUT2D eigenvalue weighted by atomic mass is 35.5. The van der Waals surface area contributed by atoms with Crippen molar-refractivity contribution in [3.05, 3.63) is 58.1 Å². The average Bonchev–Trinajstić information content (AvgIpc) is 2.34. The number of hydrogen-bond donors (Lipinski definition) is 0. The third-order valence-corrected chi connectivity index (χ3v) is 3.57. The van der Waals surface area contributed by atoms with Gasteiger partial charge in [0.25, 0.3) is 0 Å². The molecule has 2 aromatic rings. The normalized spacial score (nSPS) is 10.5. The molecular weight excluding hydrogens is 251 g/mol. The van der Waals surface area contributed by atoms with Crippen molar-refractivity contribution >= 4 is 23.2 Å². The van der Waals surface area contributed by atoms with Crippen molar-refractivity contribution in [3.8, 4) is 11.1 Å². The van der Waals surface area contributed by atoms with E-state index in [4.69, 9.17) is 23.2 Å². The summed E-state index contributed by atoms with van der Waals surface area (Å²) in [7, 11) is 0. The first kappa shape index (κ1) is 12.5. The fourth-order valence-electron chi connectivity index (χ4n) is 1.87. The molecular formula is C15H14Cl2. The molecule has 0 N–H and O–H groups in total. The van der Waals surface area contributed by atoms with E-state index in [1.165, 1.54) is 5.56 Å². The fraction of sp³-hybridized carbons (Fsp3) is 0.200. The van der Waals surface area contributed by atoms with Gasteiger partial charge in [0.2, 0.25) is 0 Å². The lowest BCUT2D eigenvalue weighted by atomic mass is 10.0. The standard InChI is InChI=1S/C15H14Cl2/c1-2-4-11-7-9-12(10-8-11)13-5-3-6-14(16)15(13)17/h3,5-10H,2,4H2,1H3. The summed E-state index contributed by atoms with van der Waals surface area (Å²) in [5.74, 6) is 0. The van der Waals surface area contributed by atoms with E-state index in [-0.39, 0.29) is 0 Å². The van der Waals surface area contributed by atoms with Crippen LogP contribution in [0.3, 0.4) is 0 Å². The third kappa shape index (κ3) is 2.83. The Bertz CT molecular complexity index is 501. The summed E-state index contributed by atoms with van der Waals surface area (Å²) in [6.07, 6.45) is 2.28. The predicted octanol–water partition coefficient (Wildman–Crippen LogP) is 5.61. The van der Waals surface area contributed by atoms with Gasteiger partial charge in [0, 0.05) is 5.56 Å². The minimum Gasteiger partial charge on any atom is -0.0827 e. The number of benzene rings is 2. The Morgan fingerprint density at radius 3 is 2.29 bits per heavy atom. The minimum absolute atomic E-state index is 0.599. The van der Waals surface area contributed by atoms with Gasteiger partial charge in [0.15, 0.2) is 0 Å². The molecule has 0 aliphatic rings. The van der Waals surface area contributed by atoms with Crippen molar-refractivity contribution in [1.82, 2.24) is 0 Å². The van der Waals surface area contributed by atoms with Gasteiger partial charge in [-0.05, 0) is 23.6 Å². The van der Waals surface area contributed by atoms with Gasteiger partial charge in [-0.1, -0.05) is 72.9 Å². The quantitative estimate of drug-likeness (QED) is 0.676. The van der Waals surface area contributed by atoms with Crippen LogP contribution in [0.2, 0.25) is 10.0 Å². The molecule has 0 heterocycles. The second kappa shape index (κ2) is 5.57. The van der Waals surface area contributed by atoms with Gasteiger partial charge in [0.05, 0.1) is 10.0 Å². The molecule has 0 amide bonds. The molecule has 0 saturated carbocycles. The van der Waals surface area contributed by atoms with Gasteiger partial charge in [0.1, 0.15) is 0 Å². The van der Waals surface area contributed by atoms with E-state index in [0.29, 0.717) is 10.0 Å². The second-order valence-corrected chi connectivity index (χ2v) is 4.83. The zero-order valence-corrected chi connectivity index (χ0v) is 11.2. The minimum atomic E-state index is 0.599. The van der Waals surface area contributed by atoms with Crippen LogP contribution in [-0.2, 0) is 6.42 Å². The van der Waals surface area contributed by atoms with Crippen molar-refractivity contribution in [2.75, 3.05) is 0 Å². The molecule has 0 aliphatic carbocycles. The molecule has 2 aromatic carbocycles. The molecule has 0 spiro atoms. The number of hydrogen-bond acceptors (Lipinski definition) is 0. The summed E-state index contributed by atoms with van der Waals surface area (Å²) in [4.78, 5) is 0. The third-order valence-electron chi connectivity index (χ3n) is 2.76. The molecule has 0 nitrogen and oxygen atoms in total. The highest BCUT2D eigenvalue weighted by Gasteiger charge is 2.06. The van der Waals surface area contributed by atoms with E-state index < -0.39 is 0 Å². The van der Waals surface area contributed by atoms with Crippen LogP contribution in [0.25, 0.3) is 11.1 Å². The van der Waals surface area contributed by atoms with Gasteiger partial charge in [-0.25, -0.2) is 0 Å². The largest absolute Gasteiger partial charge is 0.0827 e. The molecule has 88 valence electrons. The first-order chi connectivity index (χ1) is 8.22. The van der Waals surface area contributed by atoms with Crippen molar-refractivity contribution in [1.29, 1.82) is 0 Å². The molecule has 0 atom stereocenters. The molecule has 2 rings (SSSR count). The Hall–Kier alpha value is -0.980. The van der Waals surface area contributed by atoms with Crippen LogP contribution in [0.1, 0.15) is 18.9 Å². The molecule has 0 aliphatic heterocycles. The molecule has 0 radical (unpaired) electrons. The van der Waals surface area contributed by atoms with Crippen molar-refractivity contribution in [3.63, 3.8) is 0 Å². The summed E-state index contributed by atoms with van der Waals surface area (Å²) in [6, 6.07) is 14.2. The van der Waals surface area contributed by atoms with Crippen LogP contribution < -0.4 is 0 Å². The zero-order valence-electron chi connectivity index (χ0n) is 9.71. The smallest absolute Gasteiger partial charge is 0.0670 e. The maximum absolute atomic E-state index is 6.20. The van der Waals surface area contributed by atoms with Crippen LogP contribution in [0.15, 0.2) is 42.5 Å². The molecule has 0 saturated heterocycles. The van der Waals surface area contributed by atoms with Gasteiger partial charge in [-0.2, -0.15) is 0 Å². The summed E-state index contributed by atoms with van der Waals surface area (Å²) in [6.45, 7) is 2.18. The maximum atomic E-state index is 6.20. The molecule has 17 heavy (non-hydrogen) atoms. The van der Waals surface area contributed by atoms with E-state index in [0.717, 1.165) is 24.0 Å². The van der Waals surface area contributed by atoms with E-state index in [1.54, 1.807) is 6.07 Å². The van der Waals surface area contributed by atoms with Crippen LogP contribution in [0, 0.1) is 0 Å². The Balaban J connectivity index is 2.36. The number of aryl methyl sites for hydroxylation is 1.